The van der Waals surface area contributed by atoms with E-state index >= 15 is 0 Å². The fourth-order valence-corrected chi connectivity index (χ4v) is 2.64. The number of piperazine rings is 1. The minimum absolute atomic E-state index is 0.0412. The standard InChI is InChI=1S/C15H32N4O2/c1-11-10-19(8-7-18(11)6)13(9-16)12(2)17-14(20)21-15(3,4)5/h11-13H,7-10,16H2,1-6H3,(H,17,20). The Morgan fingerprint density at radius 2 is 2.05 bits per heavy atom. The van der Waals surface area contributed by atoms with Crippen LogP contribution < -0.4 is 11.1 Å². The van der Waals surface area contributed by atoms with Gasteiger partial charge in [-0.3, -0.25) is 4.90 Å². The Morgan fingerprint density at radius 3 is 2.52 bits per heavy atom. The van der Waals surface area contributed by atoms with Crippen molar-refractivity contribution in [2.24, 2.45) is 5.73 Å². The SMILES string of the molecule is CC(NC(=O)OC(C)(C)C)C(CN)N1CCN(C)C(C)C1. The van der Waals surface area contributed by atoms with Gasteiger partial charge < -0.3 is 20.7 Å². The highest BCUT2D eigenvalue weighted by molar-refractivity contribution is 5.68. The number of carbonyl (C=O) groups is 1. The van der Waals surface area contributed by atoms with E-state index in [2.05, 4.69) is 29.1 Å². The van der Waals surface area contributed by atoms with Crippen LogP contribution in [0.1, 0.15) is 34.6 Å². The van der Waals surface area contributed by atoms with E-state index in [9.17, 15) is 4.79 Å². The molecule has 1 saturated heterocycles. The van der Waals surface area contributed by atoms with Crippen molar-refractivity contribution in [1.29, 1.82) is 0 Å². The van der Waals surface area contributed by atoms with E-state index < -0.39 is 5.60 Å². The van der Waals surface area contributed by atoms with Gasteiger partial charge in [-0.05, 0) is 41.7 Å². The highest BCUT2D eigenvalue weighted by atomic mass is 16.6. The summed E-state index contributed by atoms with van der Waals surface area (Å²) in [6.07, 6.45) is -0.379. The first-order chi connectivity index (χ1) is 9.64. The molecule has 0 radical (unpaired) electrons. The molecule has 1 amide bonds. The van der Waals surface area contributed by atoms with Crippen LogP contribution in [0.25, 0.3) is 0 Å². The van der Waals surface area contributed by atoms with Gasteiger partial charge in [-0.15, -0.1) is 0 Å². The molecule has 3 unspecified atom stereocenters. The van der Waals surface area contributed by atoms with Crippen molar-refractivity contribution in [1.82, 2.24) is 15.1 Å². The zero-order valence-electron chi connectivity index (χ0n) is 14.3. The molecule has 1 heterocycles. The third-order valence-corrected chi connectivity index (χ3v) is 4.02. The fourth-order valence-electron chi connectivity index (χ4n) is 2.64. The third-order valence-electron chi connectivity index (χ3n) is 4.02. The first-order valence-electron chi connectivity index (χ1n) is 7.78. The molecule has 124 valence electrons. The molecule has 1 aliphatic rings. The number of carbonyl (C=O) groups excluding carboxylic acids is 1. The second-order valence-electron chi connectivity index (χ2n) is 7.06. The van der Waals surface area contributed by atoms with E-state index in [1.54, 1.807) is 0 Å². The number of ether oxygens (including phenoxy) is 1. The Balaban J connectivity index is 2.57. The van der Waals surface area contributed by atoms with Crippen LogP contribution in [-0.4, -0.2) is 72.8 Å². The minimum atomic E-state index is -0.482. The molecule has 0 aromatic heterocycles. The first kappa shape index (κ1) is 18.2. The van der Waals surface area contributed by atoms with Gasteiger partial charge in [0, 0.05) is 44.3 Å². The Hall–Kier alpha value is -0.850. The molecule has 6 nitrogen and oxygen atoms in total. The number of rotatable bonds is 4. The molecular formula is C15H32N4O2. The Bertz CT molecular complexity index is 343. The highest BCUT2D eigenvalue weighted by Gasteiger charge is 2.30. The average Bonchev–Trinajstić information content (AvgIpc) is 2.31. The van der Waals surface area contributed by atoms with Crippen molar-refractivity contribution in [2.45, 2.75) is 58.3 Å². The molecule has 3 N–H and O–H groups in total. The van der Waals surface area contributed by atoms with Crippen molar-refractivity contribution >= 4 is 6.09 Å². The lowest BCUT2D eigenvalue weighted by molar-refractivity contribution is 0.0388. The van der Waals surface area contributed by atoms with Crippen molar-refractivity contribution in [3.8, 4) is 0 Å². The molecular weight excluding hydrogens is 268 g/mol. The molecule has 0 spiro atoms. The summed E-state index contributed by atoms with van der Waals surface area (Å²) in [6, 6.07) is 0.593. The molecule has 0 aromatic rings. The summed E-state index contributed by atoms with van der Waals surface area (Å²) in [5.41, 5.74) is 5.46. The van der Waals surface area contributed by atoms with E-state index in [4.69, 9.17) is 10.5 Å². The predicted octanol–water partition coefficient (Wildman–Crippen LogP) is 0.863. The van der Waals surface area contributed by atoms with Crippen molar-refractivity contribution in [3.05, 3.63) is 0 Å². The van der Waals surface area contributed by atoms with Gasteiger partial charge in [0.15, 0.2) is 0 Å². The summed E-state index contributed by atoms with van der Waals surface area (Å²) in [7, 11) is 2.14. The van der Waals surface area contributed by atoms with Crippen LogP contribution in [0, 0.1) is 0 Å². The maximum Gasteiger partial charge on any atom is 0.407 e. The number of likely N-dealkylation sites (N-methyl/N-ethyl adjacent to an activating group) is 1. The topological polar surface area (TPSA) is 70.8 Å². The van der Waals surface area contributed by atoms with Crippen molar-refractivity contribution < 1.29 is 9.53 Å². The van der Waals surface area contributed by atoms with Crippen LogP contribution >= 0.6 is 0 Å². The van der Waals surface area contributed by atoms with Gasteiger partial charge in [0.1, 0.15) is 5.60 Å². The first-order valence-corrected chi connectivity index (χ1v) is 7.78. The van der Waals surface area contributed by atoms with Gasteiger partial charge in [-0.1, -0.05) is 0 Å². The average molecular weight is 300 g/mol. The van der Waals surface area contributed by atoms with Crippen molar-refractivity contribution in [2.75, 3.05) is 33.2 Å². The van der Waals surface area contributed by atoms with E-state index in [1.165, 1.54) is 0 Å². The summed E-state index contributed by atoms with van der Waals surface area (Å²) in [4.78, 5) is 16.6. The molecule has 3 atom stereocenters. The number of nitrogens with one attached hydrogen (secondary N) is 1. The minimum Gasteiger partial charge on any atom is -0.444 e. The normalized spacial score (nSPS) is 24.4. The maximum atomic E-state index is 11.9. The van der Waals surface area contributed by atoms with Gasteiger partial charge in [0.05, 0.1) is 0 Å². The third kappa shape index (κ3) is 5.80. The van der Waals surface area contributed by atoms with Gasteiger partial charge in [0.25, 0.3) is 0 Å². The summed E-state index contributed by atoms with van der Waals surface area (Å²) in [6.45, 7) is 13.3. The number of nitrogens with two attached hydrogens (primary N) is 1. The largest absolute Gasteiger partial charge is 0.444 e. The molecule has 0 aliphatic carbocycles. The lowest BCUT2D eigenvalue weighted by Crippen LogP contribution is -2.60. The molecule has 0 saturated carbocycles. The van der Waals surface area contributed by atoms with Crippen LogP contribution in [0.5, 0.6) is 0 Å². The fraction of sp³-hybridized carbons (Fsp3) is 0.933. The lowest BCUT2D eigenvalue weighted by Gasteiger charge is -2.43. The monoisotopic (exact) mass is 300 g/mol. The zero-order chi connectivity index (χ0) is 16.2. The Morgan fingerprint density at radius 1 is 1.43 bits per heavy atom. The predicted molar refractivity (Wildman–Crippen MR) is 85.3 cm³/mol. The van der Waals surface area contributed by atoms with Crippen LogP contribution in [0.15, 0.2) is 0 Å². The summed E-state index contributed by atoms with van der Waals surface area (Å²) >= 11 is 0. The number of amides is 1. The number of nitrogens with zero attached hydrogens (tertiary/aromatic N) is 2. The quantitative estimate of drug-likeness (QED) is 0.806. The van der Waals surface area contributed by atoms with Gasteiger partial charge in [-0.25, -0.2) is 4.79 Å². The Labute approximate surface area is 129 Å². The van der Waals surface area contributed by atoms with Crippen molar-refractivity contribution in [3.63, 3.8) is 0 Å². The molecule has 0 bridgehead atoms. The summed E-state index contributed by atoms with van der Waals surface area (Å²) in [5.74, 6) is 0. The zero-order valence-corrected chi connectivity index (χ0v) is 14.3. The number of alkyl carbamates (subject to hydrolysis) is 1. The molecule has 6 heteroatoms. The second-order valence-corrected chi connectivity index (χ2v) is 7.06. The maximum absolute atomic E-state index is 11.9. The molecule has 1 fully saturated rings. The molecule has 21 heavy (non-hydrogen) atoms. The molecule has 1 rings (SSSR count). The second kappa shape index (κ2) is 7.42. The van der Waals surface area contributed by atoms with Gasteiger partial charge in [0.2, 0.25) is 0 Å². The smallest absolute Gasteiger partial charge is 0.407 e. The lowest BCUT2D eigenvalue weighted by atomic mass is 10.1. The van der Waals surface area contributed by atoms with Crippen LogP contribution in [-0.2, 0) is 4.74 Å². The van der Waals surface area contributed by atoms with E-state index in [-0.39, 0.29) is 18.2 Å². The molecule has 1 aliphatic heterocycles. The van der Waals surface area contributed by atoms with Gasteiger partial charge >= 0.3 is 6.09 Å². The van der Waals surface area contributed by atoms with E-state index in [0.29, 0.717) is 12.6 Å². The Kier molecular flexibility index (Phi) is 6.43. The van der Waals surface area contributed by atoms with Crippen LogP contribution in [0.2, 0.25) is 0 Å². The van der Waals surface area contributed by atoms with E-state index in [0.717, 1.165) is 19.6 Å². The highest BCUT2D eigenvalue weighted by Crippen LogP contribution is 2.13. The number of hydrogen-bond donors (Lipinski definition) is 2. The van der Waals surface area contributed by atoms with E-state index in [1.807, 2.05) is 27.7 Å². The number of hydrogen-bond acceptors (Lipinski definition) is 5. The molecule has 0 aromatic carbocycles. The summed E-state index contributed by atoms with van der Waals surface area (Å²) in [5, 5.41) is 2.91. The summed E-state index contributed by atoms with van der Waals surface area (Å²) < 4.78 is 5.31. The van der Waals surface area contributed by atoms with Gasteiger partial charge in [-0.2, -0.15) is 0 Å². The van der Waals surface area contributed by atoms with Crippen LogP contribution in [0.4, 0.5) is 4.79 Å². The van der Waals surface area contributed by atoms with Crippen LogP contribution in [0.3, 0.4) is 0 Å².